The van der Waals surface area contributed by atoms with Crippen molar-refractivity contribution in [2.75, 3.05) is 32.9 Å². The summed E-state index contributed by atoms with van der Waals surface area (Å²) in [4.78, 5) is 6.37. The highest BCUT2D eigenvalue weighted by atomic mass is 16.6. The van der Waals surface area contributed by atoms with Gasteiger partial charge in [-0.2, -0.15) is 5.26 Å². The lowest BCUT2D eigenvalue weighted by Gasteiger charge is -2.40. The third-order valence-corrected chi connectivity index (χ3v) is 3.80. The summed E-state index contributed by atoms with van der Waals surface area (Å²) in [6, 6.07) is 6.39. The Hall–Kier alpha value is -1.48. The summed E-state index contributed by atoms with van der Waals surface area (Å²) in [5, 5.41) is 9.84. The minimum absolute atomic E-state index is 0.197. The SMILES string of the molecule is N#C[C@](C[C@H]1CO1)(c1cccnc1)N1CCOCC1. The Balaban J connectivity index is 1.95. The van der Waals surface area contributed by atoms with Crippen LogP contribution in [-0.4, -0.2) is 48.9 Å². The first-order chi connectivity index (χ1) is 9.35. The molecule has 19 heavy (non-hydrogen) atoms. The fraction of sp³-hybridized carbons (Fsp3) is 0.571. The molecule has 2 atom stereocenters. The molecule has 1 aromatic heterocycles. The molecule has 3 rings (SSSR count). The van der Waals surface area contributed by atoms with Crippen molar-refractivity contribution in [2.45, 2.75) is 18.1 Å². The van der Waals surface area contributed by atoms with E-state index >= 15 is 0 Å². The second kappa shape index (κ2) is 5.25. The van der Waals surface area contributed by atoms with Gasteiger partial charge in [-0.15, -0.1) is 0 Å². The quantitative estimate of drug-likeness (QED) is 0.752. The van der Waals surface area contributed by atoms with E-state index in [1.54, 1.807) is 12.4 Å². The van der Waals surface area contributed by atoms with Crippen LogP contribution in [-0.2, 0) is 15.0 Å². The van der Waals surface area contributed by atoms with Gasteiger partial charge in [0.25, 0.3) is 0 Å². The normalized spacial score (nSPS) is 26.4. The topological polar surface area (TPSA) is 61.7 Å². The molecule has 0 saturated carbocycles. The average molecular weight is 259 g/mol. The number of ether oxygens (including phenoxy) is 2. The van der Waals surface area contributed by atoms with Gasteiger partial charge in [0.1, 0.15) is 5.54 Å². The maximum absolute atomic E-state index is 9.84. The van der Waals surface area contributed by atoms with Crippen molar-refractivity contribution in [3.05, 3.63) is 30.1 Å². The van der Waals surface area contributed by atoms with Crippen LogP contribution in [0.4, 0.5) is 0 Å². The second-order valence-corrected chi connectivity index (χ2v) is 4.97. The van der Waals surface area contributed by atoms with Crippen LogP contribution < -0.4 is 0 Å². The highest BCUT2D eigenvalue weighted by Crippen LogP contribution is 2.36. The van der Waals surface area contributed by atoms with Crippen LogP contribution in [0.5, 0.6) is 0 Å². The zero-order chi connectivity index (χ0) is 13.1. The van der Waals surface area contributed by atoms with Crippen molar-refractivity contribution in [2.24, 2.45) is 0 Å². The molecule has 100 valence electrons. The molecule has 0 bridgehead atoms. The van der Waals surface area contributed by atoms with Gasteiger partial charge in [0.15, 0.2) is 0 Å². The zero-order valence-electron chi connectivity index (χ0n) is 10.8. The first-order valence-electron chi connectivity index (χ1n) is 6.61. The number of hydrogen-bond acceptors (Lipinski definition) is 5. The molecule has 0 amide bonds. The number of hydrogen-bond donors (Lipinski definition) is 0. The lowest BCUT2D eigenvalue weighted by atomic mass is 9.85. The summed E-state index contributed by atoms with van der Waals surface area (Å²) in [5.41, 5.74) is 0.314. The molecule has 0 spiro atoms. The number of morpholine rings is 1. The molecule has 0 N–H and O–H groups in total. The number of nitrogens with zero attached hydrogens (tertiary/aromatic N) is 3. The van der Waals surface area contributed by atoms with Crippen LogP contribution in [0.3, 0.4) is 0 Å². The lowest BCUT2D eigenvalue weighted by molar-refractivity contribution is -0.0101. The van der Waals surface area contributed by atoms with E-state index in [4.69, 9.17) is 9.47 Å². The Morgan fingerprint density at radius 2 is 2.26 bits per heavy atom. The Bertz CT molecular complexity index is 463. The Labute approximate surface area is 112 Å². The van der Waals surface area contributed by atoms with Gasteiger partial charge >= 0.3 is 0 Å². The van der Waals surface area contributed by atoms with E-state index in [2.05, 4.69) is 16.0 Å². The highest BCUT2D eigenvalue weighted by molar-refractivity contribution is 5.30. The van der Waals surface area contributed by atoms with E-state index < -0.39 is 5.54 Å². The summed E-state index contributed by atoms with van der Waals surface area (Å²) >= 11 is 0. The lowest BCUT2D eigenvalue weighted by Crippen LogP contribution is -2.51. The molecule has 2 saturated heterocycles. The van der Waals surface area contributed by atoms with Crippen molar-refractivity contribution in [3.8, 4) is 6.07 Å². The van der Waals surface area contributed by atoms with E-state index in [0.717, 1.165) is 25.3 Å². The Morgan fingerprint density at radius 3 is 2.84 bits per heavy atom. The van der Waals surface area contributed by atoms with Crippen molar-refractivity contribution in [3.63, 3.8) is 0 Å². The predicted molar refractivity (Wildman–Crippen MR) is 68.3 cm³/mol. The molecule has 0 aliphatic carbocycles. The van der Waals surface area contributed by atoms with Gasteiger partial charge in [-0.05, 0) is 6.07 Å². The Kier molecular flexibility index (Phi) is 3.47. The molecule has 2 aliphatic heterocycles. The molecule has 0 unspecified atom stereocenters. The summed E-state index contributed by atoms with van der Waals surface area (Å²) in [6.07, 6.45) is 4.43. The van der Waals surface area contributed by atoms with Gasteiger partial charge in [-0.3, -0.25) is 9.88 Å². The maximum Gasteiger partial charge on any atom is 0.138 e. The first-order valence-corrected chi connectivity index (χ1v) is 6.61. The van der Waals surface area contributed by atoms with E-state index in [-0.39, 0.29) is 6.10 Å². The van der Waals surface area contributed by atoms with Gasteiger partial charge in [0.2, 0.25) is 0 Å². The summed E-state index contributed by atoms with van der Waals surface area (Å²) in [6.45, 7) is 3.66. The number of aromatic nitrogens is 1. The maximum atomic E-state index is 9.84. The van der Waals surface area contributed by atoms with Gasteiger partial charge in [-0.25, -0.2) is 0 Å². The zero-order valence-corrected chi connectivity index (χ0v) is 10.8. The van der Waals surface area contributed by atoms with E-state index in [9.17, 15) is 5.26 Å². The first kappa shape index (κ1) is 12.5. The van der Waals surface area contributed by atoms with Crippen LogP contribution in [0.15, 0.2) is 24.5 Å². The van der Waals surface area contributed by atoms with Gasteiger partial charge in [0.05, 0.1) is 32.0 Å². The van der Waals surface area contributed by atoms with Gasteiger partial charge in [-0.1, -0.05) is 6.07 Å². The molecular formula is C14H17N3O2. The standard InChI is InChI=1S/C14H17N3O2/c15-11-14(8-13-10-19-13,12-2-1-3-16-9-12)17-4-6-18-7-5-17/h1-3,9,13H,4-8,10H2/t13-,14+/m0/s1. The van der Waals surface area contributed by atoms with Crippen molar-refractivity contribution in [1.29, 1.82) is 5.26 Å². The van der Waals surface area contributed by atoms with Crippen LogP contribution in [0.2, 0.25) is 0 Å². The van der Waals surface area contributed by atoms with Crippen LogP contribution >= 0.6 is 0 Å². The van der Waals surface area contributed by atoms with E-state index in [1.807, 2.05) is 12.1 Å². The third kappa shape index (κ3) is 2.47. The highest BCUT2D eigenvalue weighted by Gasteiger charge is 2.44. The third-order valence-electron chi connectivity index (χ3n) is 3.80. The minimum Gasteiger partial charge on any atom is -0.379 e. The molecule has 0 aromatic carbocycles. The monoisotopic (exact) mass is 259 g/mol. The summed E-state index contributed by atoms with van der Waals surface area (Å²) < 4.78 is 10.7. The molecule has 2 aliphatic rings. The molecular weight excluding hydrogens is 242 g/mol. The van der Waals surface area contributed by atoms with Crippen molar-refractivity contribution in [1.82, 2.24) is 9.88 Å². The van der Waals surface area contributed by atoms with Gasteiger partial charge < -0.3 is 9.47 Å². The van der Waals surface area contributed by atoms with E-state index in [0.29, 0.717) is 19.6 Å². The largest absolute Gasteiger partial charge is 0.379 e. The van der Waals surface area contributed by atoms with Crippen molar-refractivity contribution < 1.29 is 9.47 Å². The summed E-state index contributed by atoms with van der Waals surface area (Å²) in [7, 11) is 0. The summed E-state index contributed by atoms with van der Waals surface area (Å²) in [5.74, 6) is 0. The minimum atomic E-state index is -0.640. The van der Waals surface area contributed by atoms with Crippen molar-refractivity contribution >= 4 is 0 Å². The van der Waals surface area contributed by atoms with Crippen LogP contribution in [0, 0.1) is 11.3 Å². The molecule has 1 aromatic rings. The number of pyridine rings is 1. The molecule has 5 heteroatoms. The predicted octanol–water partition coefficient (Wildman–Crippen LogP) is 0.922. The van der Waals surface area contributed by atoms with Crippen LogP contribution in [0.1, 0.15) is 12.0 Å². The number of nitriles is 1. The van der Waals surface area contributed by atoms with Gasteiger partial charge in [0, 0.05) is 37.5 Å². The molecule has 5 nitrogen and oxygen atoms in total. The average Bonchev–Trinajstić information content (AvgIpc) is 3.31. The molecule has 3 heterocycles. The number of rotatable bonds is 4. The van der Waals surface area contributed by atoms with E-state index in [1.165, 1.54) is 0 Å². The molecule has 0 radical (unpaired) electrons. The van der Waals surface area contributed by atoms with Crippen LogP contribution in [0.25, 0.3) is 0 Å². The smallest absolute Gasteiger partial charge is 0.138 e. The Morgan fingerprint density at radius 1 is 1.47 bits per heavy atom. The molecule has 2 fully saturated rings. The fourth-order valence-corrected chi connectivity index (χ4v) is 2.68. The number of epoxide rings is 1. The second-order valence-electron chi connectivity index (χ2n) is 4.97. The fourth-order valence-electron chi connectivity index (χ4n) is 2.68.